The number of rotatable bonds is 6. The van der Waals surface area contributed by atoms with Crippen LogP contribution in [0.4, 0.5) is 4.79 Å². The lowest BCUT2D eigenvalue weighted by molar-refractivity contribution is -0.129. The van der Waals surface area contributed by atoms with Gasteiger partial charge >= 0.3 is 12.0 Å². The maximum absolute atomic E-state index is 12.6. The van der Waals surface area contributed by atoms with E-state index in [1.165, 1.54) is 19.3 Å². The number of hydrogen-bond acceptors (Lipinski definition) is 6. The molecule has 1 unspecified atom stereocenters. The van der Waals surface area contributed by atoms with Gasteiger partial charge in [0, 0.05) is 18.8 Å². The molecule has 0 bridgehead atoms. The molecule has 0 aliphatic rings. The van der Waals surface area contributed by atoms with Gasteiger partial charge in [-0.15, -0.1) is 0 Å². The van der Waals surface area contributed by atoms with Gasteiger partial charge < -0.3 is 14.8 Å². The van der Waals surface area contributed by atoms with Crippen molar-refractivity contribution in [1.29, 1.82) is 0 Å². The van der Waals surface area contributed by atoms with Crippen LogP contribution in [0.3, 0.4) is 0 Å². The van der Waals surface area contributed by atoms with Crippen molar-refractivity contribution in [3.05, 3.63) is 59.8 Å². The highest BCUT2D eigenvalue weighted by atomic mass is 16.6. The van der Waals surface area contributed by atoms with E-state index in [1.54, 1.807) is 43.3 Å². The van der Waals surface area contributed by atoms with Crippen molar-refractivity contribution in [2.45, 2.75) is 13.0 Å². The summed E-state index contributed by atoms with van der Waals surface area (Å²) >= 11 is 0. The smallest absolute Gasteiger partial charge is 0.344 e. The molecular weight excluding hydrogens is 338 g/mol. The molecule has 0 fully saturated rings. The SMILES string of the molecule is CCOc1ncccc1C(=O)OC(C(=O)NC(=O)NC)c1ccccc1. The van der Waals surface area contributed by atoms with Crippen LogP contribution in [0.15, 0.2) is 48.7 Å². The first kappa shape index (κ1) is 18.9. The van der Waals surface area contributed by atoms with Crippen molar-refractivity contribution in [1.82, 2.24) is 15.6 Å². The van der Waals surface area contributed by atoms with E-state index >= 15 is 0 Å². The van der Waals surface area contributed by atoms with Gasteiger partial charge in [-0.3, -0.25) is 10.1 Å². The van der Waals surface area contributed by atoms with E-state index in [0.29, 0.717) is 12.2 Å². The lowest BCUT2D eigenvalue weighted by atomic mass is 10.1. The third-order valence-corrected chi connectivity index (χ3v) is 3.30. The van der Waals surface area contributed by atoms with Gasteiger partial charge in [0.2, 0.25) is 12.0 Å². The van der Waals surface area contributed by atoms with Crippen molar-refractivity contribution in [2.24, 2.45) is 0 Å². The number of nitrogens with zero attached hydrogens (tertiary/aromatic N) is 1. The first-order valence-corrected chi connectivity index (χ1v) is 7.93. The van der Waals surface area contributed by atoms with Gasteiger partial charge in [-0.1, -0.05) is 30.3 Å². The number of pyridine rings is 1. The summed E-state index contributed by atoms with van der Waals surface area (Å²) in [6.45, 7) is 2.07. The fourth-order valence-corrected chi connectivity index (χ4v) is 2.11. The average molecular weight is 357 g/mol. The molecule has 26 heavy (non-hydrogen) atoms. The molecule has 1 atom stereocenters. The highest BCUT2D eigenvalue weighted by Gasteiger charge is 2.28. The summed E-state index contributed by atoms with van der Waals surface area (Å²) in [6, 6.07) is 10.7. The second-order valence-corrected chi connectivity index (χ2v) is 5.05. The monoisotopic (exact) mass is 357 g/mol. The number of esters is 1. The Kier molecular flexibility index (Phi) is 6.67. The molecule has 8 nitrogen and oxygen atoms in total. The van der Waals surface area contributed by atoms with Gasteiger partial charge in [-0.05, 0) is 19.1 Å². The summed E-state index contributed by atoms with van der Waals surface area (Å²) in [5, 5.41) is 4.38. The zero-order valence-corrected chi connectivity index (χ0v) is 14.4. The summed E-state index contributed by atoms with van der Waals surface area (Å²) in [4.78, 5) is 40.4. The molecule has 2 aromatic rings. The summed E-state index contributed by atoms with van der Waals surface area (Å²) in [7, 11) is 1.37. The number of hydrogen-bond donors (Lipinski definition) is 2. The number of benzene rings is 1. The molecule has 2 rings (SSSR count). The van der Waals surface area contributed by atoms with Gasteiger partial charge in [0.15, 0.2) is 0 Å². The molecule has 0 aliphatic heterocycles. The first-order valence-electron chi connectivity index (χ1n) is 7.93. The van der Waals surface area contributed by atoms with Crippen molar-refractivity contribution in [2.75, 3.05) is 13.7 Å². The Morgan fingerprint density at radius 1 is 1.12 bits per heavy atom. The van der Waals surface area contributed by atoms with Crippen LogP contribution < -0.4 is 15.4 Å². The quantitative estimate of drug-likeness (QED) is 0.764. The summed E-state index contributed by atoms with van der Waals surface area (Å²) < 4.78 is 10.7. The molecule has 1 aromatic heterocycles. The minimum Gasteiger partial charge on any atom is -0.477 e. The lowest BCUT2D eigenvalue weighted by Crippen LogP contribution is -2.41. The van der Waals surface area contributed by atoms with E-state index < -0.39 is 24.0 Å². The molecular formula is C18H19N3O5. The van der Waals surface area contributed by atoms with E-state index in [0.717, 1.165) is 0 Å². The molecule has 3 amide bonds. The number of aromatic nitrogens is 1. The van der Waals surface area contributed by atoms with Crippen LogP contribution in [-0.4, -0.2) is 36.5 Å². The Bertz CT molecular complexity index is 779. The normalized spacial score (nSPS) is 11.2. The Morgan fingerprint density at radius 2 is 1.85 bits per heavy atom. The average Bonchev–Trinajstić information content (AvgIpc) is 2.67. The molecule has 0 saturated heterocycles. The van der Waals surface area contributed by atoms with Crippen LogP contribution in [0.25, 0.3) is 0 Å². The molecule has 0 radical (unpaired) electrons. The van der Waals surface area contributed by atoms with Gasteiger partial charge in [-0.2, -0.15) is 0 Å². The second-order valence-electron chi connectivity index (χ2n) is 5.05. The van der Waals surface area contributed by atoms with Crippen molar-refractivity contribution in [3.63, 3.8) is 0 Å². The lowest BCUT2D eigenvalue weighted by Gasteiger charge is -2.18. The molecule has 136 valence electrons. The van der Waals surface area contributed by atoms with E-state index in [1.807, 2.05) is 0 Å². The molecule has 2 N–H and O–H groups in total. The Morgan fingerprint density at radius 3 is 2.50 bits per heavy atom. The van der Waals surface area contributed by atoms with E-state index in [9.17, 15) is 14.4 Å². The largest absolute Gasteiger partial charge is 0.477 e. The number of imide groups is 1. The molecule has 1 aromatic carbocycles. The minimum absolute atomic E-state index is 0.0861. The zero-order valence-electron chi connectivity index (χ0n) is 14.4. The molecule has 0 spiro atoms. The fourth-order valence-electron chi connectivity index (χ4n) is 2.11. The second kappa shape index (κ2) is 9.16. The van der Waals surface area contributed by atoms with Crippen LogP contribution in [-0.2, 0) is 9.53 Å². The number of ether oxygens (including phenoxy) is 2. The highest BCUT2D eigenvalue weighted by molar-refractivity contribution is 5.99. The summed E-state index contributed by atoms with van der Waals surface area (Å²) in [5.41, 5.74) is 0.507. The third-order valence-electron chi connectivity index (χ3n) is 3.30. The van der Waals surface area contributed by atoms with Gasteiger partial charge in [0.1, 0.15) is 5.56 Å². The standard InChI is InChI=1S/C18H19N3O5/c1-3-25-16-13(10-7-11-20-16)17(23)26-14(12-8-5-4-6-9-12)15(22)21-18(24)19-2/h4-11,14H,3H2,1-2H3,(H2,19,21,22,24). The topological polar surface area (TPSA) is 107 Å². The van der Waals surface area contributed by atoms with Crippen LogP contribution >= 0.6 is 0 Å². The predicted molar refractivity (Wildman–Crippen MR) is 92.6 cm³/mol. The number of carbonyl (C=O) groups excluding carboxylic acids is 3. The molecule has 0 aliphatic carbocycles. The Hall–Kier alpha value is -3.42. The van der Waals surface area contributed by atoms with E-state index in [4.69, 9.17) is 9.47 Å². The first-order chi connectivity index (χ1) is 12.6. The van der Waals surface area contributed by atoms with Gasteiger partial charge in [0.25, 0.3) is 5.91 Å². The maximum Gasteiger partial charge on any atom is 0.344 e. The number of carbonyl (C=O) groups is 3. The zero-order chi connectivity index (χ0) is 18.9. The fraction of sp³-hybridized carbons (Fsp3) is 0.222. The van der Waals surface area contributed by atoms with Crippen molar-refractivity contribution in [3.8, 4) is 5.88 Å². The number of amides is 3. The number of urea groups is 1. The van der Waals surface area contributed by atoms with Crippen molar-refractivity contribution >= 4 is 17.9 Å². The van der Waals surface area contributed by atoms with E-state index in [-0.39, 0.29) is 11.4 Å². The van der Waals surface area contributed by atoms with Crippen LogP contribution in [0.2, 0.25) is 0 Å². The van der Waals surface area contributed by atoms with E-state index in [2.05, 4.69) is 15.6 Å². The Labute approximate surface area is 150 Å². The molecule has 0 saturated carbocycles. The Balaban J connectivity index is 2.28. The predicted octanol–water partition coefficient (Wildman–Crippen LogP) is 1.83. The van der Waals surface area contributed by atoms with Crippen LogP contribution in [0.1, 0.15) is 28.9 Å². The molecule has 8 heteroatoms. The van der Waals surface area contributed by atoms with Crippen LogP contribution in [0.5, 0.6) is 5.88 Å². The van der Waals surface area contributed by atoms with Gasteiger partial charge in [0.05, 0.1) is 6.61 Å². The van der Waals surface area contributed by atoms with Crippen LogP contribution in [0, 0.1) is 0 Å². The minimum atomic E-state index is -1.31. The number of nitrogens with one attached hydrogen (secondary N) is 2. The summed E-state index contributed by atoms with van der Waals surface area (Å²) in [5.74, 6) is -1.45. The highest BCUT2D eigenvalue weighted by Crippen LogP contribution is 2.22. The molecule has 1 heterocycles. The van der Waals surface area contributed by atoms with Crippen molar-refractivity contribution < 1.29 is 23.9 Å². The maximum atomic E-state index is 12.6. The summed E-state index contributed by atoms with van der Waals surface area (Å²) in [6.07, 6.45) is 0.171. The third kappa shape index (κ3) is 4.79. The van der Waals surface area contributed by atoms with Gasteiger partial charge in [-0.25, -0.2) is 14.6 Å².